The van der Waals surface area contributed by atoms with Gasteiger partial charge in [-0.25, -0.2) is 4.79 Å². The number of methoxy groups -OCH3 is 1. The number of nitrogens with zero attached hydrogens (tertiary/aromatic N) is 1. The van der Waals surface area contributed by atoms with Gasteiger partial charge in [-0.15, -0.1) is 0 Å². The molecule has 2 aromatic rings. The Labute approximate surface area is 87.7 Å². The summed E-state index contributed by atoms with van der Waals surface area (Å²) >= 11 is 0. The van der Waals surface area contributed by atoms with Crippen molar-refractivity contribution < 1.29 is 9.53 Å². The summed E-state index contributed by atoms with van der Waals surface area (Å²) in [6, 6.07) is 5.68. The van der Waals surface area contributed by atoms with E-state index in [1.165, 1.54) is 7.11 Å². The van der Waals surface area contributed by atoms with Crippen LogP contribution in [0.1, 0.15) is 15.9 Å². The predicted molar refractivity (Wildman–Crippen MR) is 57.8 cm³/mol. The second-order valence-corrected chi connectivity index (χ2v) is 3.35. The first kappa shape index (κ1) is 9.65. The number of carbonyl (C=O) groups excluding carboxylic acids is 1. The molecular weight excluding hydrogens is 190 g/mol. The Bertz CT molecular complexity index is 520. The molecule has 0 amide bonds. The van der Waals surface area contributed by atoms with Crippen LogP contribution >= 0.6 is 0 Å². The monoisotopic (exact) mass is 201 g/mol. The van der Waals surface area contributed by atoms with E-state index in [-0.39, 0.29) is 5.97 Å². The molecule has 76 valence electrons. The van der Waals surface area contributed by atoms with Crippen LogP contribution in [0.5, 0.6) is 0 Å². The SMILES string of the molecule is COC(=O)c1c(C)ccc2cnccc12. The Hall–Kier alpha value is -1.90. The molecule has 0 unspecified atom stereocenters. The molecule has 1 heterocycles. The molecular formula is C12H11NO2. The van der Waals surface area contributed by atoms with Gasteiger partial charge in [0.05, 0.1) is 12.7 Å². The van der Waals surface area contributed by atoms with Gasteiger partial charge < -0.3 is 4.74 Å². The van der Waals surface area contributed by atoms with Crippen molar-refractivity contribution >= 4 is 16.7 Å². The highest BCUT2D eigenvalue weighted by atomic mass is 16.5. The molecule has 0 atom stereocenters. The Morgan fingerprint density at radius 3 is 2.87 bits per heavy atom. The lowest BCUT2D eigenvalue weighted by Gasteiger charge is -2.07. The lowest BCUT2D eigenvalue weighted by molar-refractivity contribution is 0.0602. The molecule has 0 spiro atoms. The average molecular weight is 201 g/mol. The summed E-state index contributed by atoms with van der Waals surface area (Å²) in [5, 5.41) is 1.83. The van der Waals surface area contributed by atoms with E-state index in [9.17, 15) is 4.79 Å². The summed E-state index contributed by atoms with van der Waals surface area (Å²) in [5.74, 6) is -0.302. The van der Waals surface area contributed by atoms with Crippen molar-refractivity contribution in [3.63, 3.8) is 0 Å². The number of pyridine rings is 1. The summed E-state index contributed by atoms with van der Waals surface area (Å²) in [6.07, 6.45) is 3.41. The summed E-state index contributed by atoms with van der Waals surface area (Å²) in [6.45, 7) is 1.89. The van der Waals surface area contributed by atoms with Crippen LogP contribution in [0.15, 0.2) is 30.6 Å². The highest BCUT2D eigenvalue weighted by Crippen LogP contribution is 2.21. The lowest BCUT2D eigenvalue weighted by atomic mass is 10.0. The fraction of sp³-hybridized carbons (Fsp3) is 0.167. The minimum Gasteiger partial charge on any atom is -0.465 e. The van der Waals surface area contributed by atoms with Gasteiger partial charge in [0.25, 0.3) is 0 Å². The molecule has 0 aliphatic carbocycles. The average Bonchev–Trinajstić information content (AvgIpc) is 2.28. The fourth-order valence-corrected chi connectivity index (χ4v) is 1.65. The van der Waals surface area contributed by atoms with Crippen molar-refractivity contribution in [2.24, 2.45) is 0 Å². The van der Waals surface area contributed by atoms with Crippen LogP contribution in [0.2, 0.25) is 0 Å². The molecule has 0 radical (unpaired) electrons. The van der Waals surface area contributed by atoms with E-state index in [1.807, 2.05) is 25.1 Å². The van der Waals surface area contributed by atoms with Gasteiger partial charge in [-0.2, -0.15) is 0 Å². The zero-order valence-corrected chi connectivity index (χ0v) is 8.65. The third kappa shape index (κ3) is 1.56. The predicted octanol–water partition coefficient (Wildman–Crippen LogP) is 2.33. The molecule has 0 fully saturated rings. The van der Waals surface area contributed by atoms with E-state index in [0.717, 1.165) is 16.3 Å². The van der Waals surface area contributed by atoms with Gasteiger partial charge in [0.1, 0.15) is 0 Å². The molecule has 0 saturated heterocycles. The zero-order chi connectivity index (χ0) is 10.8. The molecule has 1 aromatic carbocycles. The van der Waals surface area contributed by atoms with Gasteiger partial charge in [-0.3, -0.25) is 4.98 Å². The molecule has 0 saturated carbocycles. The van der Waals surface area contributed by atoms with Crippen LogP contribution in [0.4, 0.5) is 0 Å². The number of aryl methyl sites for hydroxylation is 1. The molecule has 3 nitrogen and oxygen atoms in total. The molecule has 2 rings (SSSR count). The first-order chi connectivity index (χ1) is 7.24. The highest BCUT2D eigenvalue weighted by Gasteiger charge is 2.12. The highest BCUT2D eigenvalue weighted by molar-refractivity contribution is 6.05. The summed E-state index contributed by atoms with van der Waals surface area (Å²) in [7, 11) is 1.39. The van der Waals surface area contributed by atoms with Gasteiger partial charge >= 0.3 is 5.97 Å². The largest absolute Gasteiger partial charge is 0.465 e. The van der Waals surface area contributed by atoms with E-state index in [4.69, 9.17) is 4.74 Å². The minimum absolute atomic E-state index is 0.302. The third-order valence-electron chi connectivity index (χ3n) is 2.42. The van der Waals surface area contributed by atoms with Crippen molar-refractivity contribution in [3.05, 3.63) is 41.7 Å². The van der Waals surface area contributed by atoms with Gasteiger partial charge in [0.2, 0.25) is 0 Å². The quantitative estimate of drug-likeness (QED) is 0.665. The first-order valence-corrected chi connectivity index (χ1v) is 4.65. The number of hydrogen-bond donors (Lipinski definition) is 0. The smallest absolute Gasteiger partial charge is 0.338 e. The van der Waals surface area contributed by atoms with Crippen LogP contribution in [0.25, 0.3) is 10.8 Å². The molecule has 0 bridgehead atoms. The zero-order valence-electron chi connectivity index (χ0n) is 8.65. The second kappa shape index (κ2) is 3.69. The molecule has 1 aromatic heterocycles. The maximum atomic E-state index is 11.6. The summed E-state index contributed by atoms with van der Waals surface area (Å²) in [5.41, 5.74) is 1.54. The minimum atomic E-state index is -0.302. The summed E-state index contributed by atoms with van der Waals surface area (Å²) < 4.78 is 4.77. The van der Waals surface area contributed by atoms with Gasteiger partial charge in [-0.1, -0.05) is 12.1 Å². The number of esters is 1. The fourth-order valence-electron chi connectivity index (χ4n) is 1.65. The van der Waals surface area contributed by atoms with Crippen LogP contribution in [0, 0.1) is 6.92 Å². The molecule has 0 aliphatic rings. The molecule has 0 aliphatic heterocycles. The lowest BCUT2D eigenvalue weighted by Crippen LogP contribution is -2.04. The third-order valence-corrected chi connectivity index (χ3v) is 2.42. The number of fused-ring (bicyclic) bond motifs is 1. The maximum Gasteiger partial charge on any atom is 0.338 e. The Kier molecular flexibility index (Phi) is 2.37. The normalized spacial score (nSPS) is 10.3. The van der Waals surface area contributed by atoms with Gasteiger partial charge in [0, 0.05) is 17.8 Å². The Morgan fingerprint density at radius 1 is 1.33 bits per heavy atom. The van der Waals surface area contributed by atoms with Crippen molar-refractivity contribution in [1.29, 1.82) is 0 Å². The van der Waals surface area contributed by atoms with E-state index in [1.54, 1.807) is 12.4 Å². The van der Waals surface area contributed by atoms with Crippen LogP contribution in [-0.2, 0) is 4.74 Å². The van der Waals surface area contributed by atoms with Gasteiger partial charge in [0.15, 0.2) is 0 Å². The number of benzene rings is 1. The van der Waals surface area contributed by atoms with E-state index in [2.05, 4.69) is 4.98 Å². The van der Waals surface area contributed by atoms with E-state index in [0.29, 0.717) is 5.56 Å². The van der Waals surface area contributed by atoms with E-state index >= 15 is 0 Å². The Morgan fingerprint density at radius 2 is 2.13 bits per heavy atom. The maximum absolute atomic E-state index is 11.6. The van der Waals surface area contributed by atoms with Crippen LogP contribution < -0.4 is 0 Å². The number of aromatic nitrogens is 1. The molecule has 15 heavy (non-hydrogen) atoms. The first-order valence-electron chi connectivity index (χ1n) is 4.65. The topological polar surface area (TPSA) is 39.2 Å². The van der Waals surface area contributed by atoms with E-state index < -0.39 is 0 Å². The molecule has 3 heteroatoms. The number of carbonyl (C=O) groups is 1. The van der Waals surface area contributed by atoms with Crippen molar-refractivity contribution in [3.8, 4) is 0 Å². The Balaban J connectivity index is 2.79. The van der Waals surface area contributed by atoms with Crippen molar-refractivity contribution in [1.82, 2.24) is 4.98 Å². The van der Waals surface area contributed by atoms with Crippen LogP contribution in [0.3, 0.4) is 0 Å². The summed E-state index contributed by atoms with van der Waals surface area (Å²) in [4.78, 5) is 15.6. The van der Waals surface area contributed by atoms with Crippen LogP contribution in [-0.4, -0.2) is 18.1 Å². The van der Waals surface area contributed by atoms with Crippen molar-refractivity contribution in [2.75, 3.05) is 7.11 Å². The second-order valence-electron chi connectivity index (χ2n) is 3.35. The standard InChI is InChI=1S/C12H11NO2/c1-8-3-4-9-7-13-6-5-10(9)11(8)12(14)15-2/h3-7H,1-2H3. The number of hydrogen-bond acceptors (Lipinski definition) is 3. The number of ether oxygens (including phenoxy) is 1. The van der Waals surface area contributed by atoms with Gasteiger partial charge in [-0.05, 0) is 23.9 Å². The van der Waals surface area contributed by atoms with Crippen molar-refractivity contribution in [2.45, 2.75) is 6.92 Å². The molecule has 0 N–H and O–H groups in total. The number of rotatable bonds is 1.